The van der Waals surface area contributed by atoms with Crippen molar-refractivity contribution in [1.29, 1.82) is 0 Å². The van der Waals surface area contributed by atoms with Gasteiger partial charge in [-0.15, -0.1) is 0 Å². The maximum atomic E-state index is 5.15. The lowest BCUT2D eigenvalue weighted by molar-refractivity contribution is 0.357. The minimum absolute atomic E-state index is 0.447. The number of unbranched alkanes of at least 4 members (excludes halogenated alkanes) is 3. The number of nitrogens with one attached hydrogen (secondary N) is 1. The number of nitrogens with zero attached hydrogens (tertiary/aromatic N) is 2. The van der Waals surface area contributed by atoms with Crippen molar-refractivity contribution in [2.24, 2.45) is 5.41 Å². The molecular formula is C37H43N3. The zero-order chi connectivity index (χ0) is 28.0. The molecule has 5 rings (SSSR count). The number of benzene rings is 3. The number of hydrogen-bond donors (Lipinski definition) is 1. The Morgan fingerprint density at radius 2 is 1.43 bits per heavy atom. The van der Waals surface area contributed by atoms with Crippen LogP contribution in [0.25, 0.3) is 24.2 Å². The quantitative estimate of drug-likeness (QED) is 0.206. The minimum Gasteiger partial charge on any atom is -0.354 e. The van der Waals surface area contributed by atoms with E-state index in [1.54, 1.807) is 0 Å². The first-order valence-electron chi connectivity index (χ1n) is 14.8. The third-order valence-corrected chi connectivity index (χ3v) is 7.72. The van der Waals surface area contributed by atoms with Gasteiger partial charge < -0.3 is 5.32 Å². The summed E-state index contributed by atoms with van der Waals surface area (Å²) in [6.45, 7) is 11.5. The van der Waals surface area contributed by atoms with Gasteiger partial charge in [-0.3, -0.25) is 4.57 Å². The lowest BCUT2D eigenvalue weighted by atomic mass is 9.89. The van der Waals surface area contributed by atoms with Crippen molar-refractivity contribution in [1.82, 2.24) is 14.9 Å². The summed E-state index contributed by atoms with van der Waals surface area (Å²) in [5, 5.41) is 4.66. The SMILES string of the molecule is C=c1c(Cc2cccc(CCCCCCC(C)(C)C)c2)nc2n1C=C(c1ccccc1)NC=2Cc1ccccc1. The monoisotopic (exact) mass is 529 g/mol. The third kappa shape index (κ3) is 7.21. The smallest absolute Gasteiger partial charge is 0.157 e. The Hall–Kier alpha value is -3.85. The molecule has 0 unspecified atom stereocenters. The average Bonchev–Trinajstić information content (AvgIpc) is 3.26. The Balaban J connectivity index is 1.35. The molecule has 0 spiro atoms. The lowest BCUT2D eigenvalue weighted by Gasteiger charge is -2.19. The molecule has 3 nitrogen and oxygen atoms in total. The van der Waals surface area contributed by atoms with E-state index in [0.29, 0.717) is 5.41 Å². The molecule has 1 aromatic heterocycles. The standard InChI is InChI=1S/C37H43N3/c1-28-33(26-31-20-15-19-29(24-31)16-9-5-6-14-23-37(2,3)4)39-36-34(25-30-17-10-7-11-18-30)38-35(27-40(28)36)32-21-12-8-13-22-32/h7-8,10-13,15,17-22,24,27,38H,1,5-6,9,14,16,23,25-26H2,2-4H3. The van der Waals surface area contributed by atoms with E-state index in [1.807, 2.05) is 0 Å². The topological polar surface area (TPSA) is 29.9 Å². The van der Waals surface area contributed by atoms with Gasteiger partial charge in [-0.2, -0.15) is 0 Å². The number of hydrogen-bond acceptors (Lipinski definition) is 2. The number of rotatable bonds is 11. The largest absolute Gasteiger partial charge is 0.354 e. The Bertz CT molecular complexity index is 1550. The first-order valence-corrected chi connectivity index (χ1v) is 14.8. The van der Waals surface area contributed by atoms with Gasteiger partial charge in [0.25, 0.3) is 0 Å². The summed E-state index contributed by atoms with van der Waals surface area (Å²) in [5.41, 5.74) is 9.74. The Kier molecular flexibility index (Phi) is 8.69. The first kappa shape index (κ1) is 27.7. The number of fused-ring (bicyclic) bond motifs is 1. The normalized spacial score (nSPS) is 13.1. The van der Waals surface area contributed by atoms with Crippen molar-refractivity contribution in [2.45, 2.75) is 72.1 Å². The Morgan fingerprint density at radius 3 is 2.17 bits per heavy atom. The van der Waals surface area contributed by atoms with Crippen LogP contribution in [-0.2, 0) is 19.3 Å². The average molecular weight is 530 g/mol. The van der Waals surface area contributed by atoms with E-state index >= 15 is 0 Å². The van der Waals surface area contributed by atoms with Crippen molar-refractivity contribution < 1.29 is 0 Å². The molecule has 1 aliphatic rings. The van der Waals surface area contributed by atoms with Crippen LogP contribution in [0.1, 0.15) is 80.8 Å². The van der Waals surface area contributed by atoms with E-state index in [4.69, 9.17) is 4.98 Å². The molecular weight excluding hydrogens is 486 g/mol. The highest BCUT2D eigenvalue weighted by molar-refractivity contribution is 5.80. The van der Waals surface area contributed by atoms with Crippen LogP contribution in [0.15, 0.2) is 84.9 Å². The van der Waals surface area contributed by atoms with Crippen LogP contribution in [0, 0.1) is 5.41 Å². The molecule has 3 heteroatoms. The van der Waals surface area contributed by atoms with Gasteiger partial charge in [0.1, 0.15) is 0 Å². The van der Waals surface area contributed by atoms with E-state index in [1.165, 1.54) is 48.8 Å². The molecule has 2 heterocycles. The van der Waals surface area contributed by atoms with E-state index in [9.17, 15) is 0 Å². The maximum Gasteiger partial charge on any atom is 0.157 e. The summed E-state index contributed by atoms with van der Waals surface area (Å²) in [4.78, 5) is 5.15. The molecule has 206 valence electrons. The van der Waals surface area contributed by atoms with E-state index in [0.717, 1.165) is 52.7 Å². The van der Waals surface area contributed by atoms with E-state index < -0.39 is 0 Å². The fourth-order valence-corrected chi connectivity index (χ4v) is 5.50. The van der Waals surface area contributed by atoms with Crippen LogP contribution in [0.4, 0.5) is 0 Å². The van der Waals surface area contributed by atoms with Crippen molar-refractivity contribution >= 4 is 24.2 Å². The molecule has 3 aromatic carbocycles. The number of aryl methyl sites for hydroxylation is 1. The van der Waals surface area contributed by atoms with Gasteiger partial charge >= 0.3 is 0 Å². The van der Waals surface area contributed by atoms with E-state index in [-0.39, 0.29) is 0 Å². The molecule has 0 radical (unpaired) electrons. The fraction of sp³-hybridized carbons (Fsp3) is 0.324. The highest BCUT2D eigenvalue weighted by Gasteiger charge is 2.17. The van der Waals surface area contributed by atoms with Gasteiger partial charge in [-0.1, -0.05) is 132 Å². The molecule has 0 saturated carbocycles. The van der Waals surface area contributed by atoms with Gasteiger partial charge in [0, 0.05) is 19.0 Å². The summed E-state index contributed by atoms with van der Waals surface area (Å²) in [7, 11) is 0. The van der Waals surface area contributed by atoms with E-state index in [2.05, 4.69) is 128 Å². The molecule has 0 amide bonds. The Labute approximate surface area is 240 Å². The predicted molar refractivity (Wildman–Crippen MR) is 170 cm³/mol. The van der Waals surface area contributed by atoms with Crippen LogP contribution in [0.2, 0.25) is 0 Å². The molecule has 0 fully saturated rings. The van der Waals surface area contributed by atoms with Crippen LogP contribution in [-0.4, -0.2) is 9.55 Å². The highest BCUT2D eigenvalue weighted by atomic mass is 15.1. The highest BCUT2D eigenvalue weighted by Crippen LogP contribution is 2.23. The molecule has 0 aliphatic carbocycles. The summed E-state index contributed by atoms with van der Waals surface area (Å²) in [6.07, 6.45) is 11.4. The molecule has 1 aliphatic heterocycles. The second kappa shape index (κ2) is 12.6. The molecule has 0 atom stereocenters. The van der Waals surface area contributed by atoms with Crippen LogP contribution in [0.5, 0.6) is 0 Å². The van der Waals surface area contributed by atoms with Gasteiger partial charge in [0.15, 0.2) is 5.48 Å². The zero-order valence-electron chi connectivity index (χ0n) is 24.4. The summed E-state index contributed by atoms with van der Waals surface area (Å²) < 4.78 is 2.17. The van der Waals surface area contributed by atoms with Gasteiger partial charge in [0.05, 0.1) is 22.4 Å². The Morgan fingerprint density at radius 1 is 0.750 bits per heavy atom. The maximum absolute atomic E-state index is 5.15. The summed E-state index contributed by atoms with van der Waals surface area (Å²) in [5.74, 6) is 0. The fourth-order valence-electron chi connectivity index (χ4n) is 5.50. The third-order valence-electron chi connectivity index (χ3n) is 7.72. The van der Waals surface area contributed by atoms with Gasteiger partial charge in [-0.25, -0.2) is 4.98 Å². The van der Waals surface area contributed by atoms with Crippen molar-refractivity contribution in [3.8, 4) is 0 Å². The molecule has 0 bridgehead atoms. The number of imidazole rings is 1. The zero-order valence-corrected chi connectivity index (χ0v) is 24.4. The summed E-state index contributed by atoms with van der Waals surface area (Å²) in [6, 6.07) is 30.1. The van der Waals surface area contributed by atoms with Crippen LogP contribution < -0.4 is 16.1 Å². The van der Waals surface area contributed by atoms with Crippen molar-refractivity contribution in [2.75, 3.05) is 0 Å². The van der Waals surface area contributed by atoms with Gasteiger partial charge in [-0.05, 0) is 46.9 Å². The van der Waals surface area contributed by atoms with Crippen LogP contribution >= 0.6 is 0 Å². The molecule has 40 heavy (non-hydrogen) atoms. The van der Waals surface area contributed by atoms with Crippen molar-refractivity contribution in [3.63, 3.8) is 0 Å². The number of aromatic nitrogens is 2. The van der Waals surface area contributed by atoms with Crippen molar-refractivity contribution in [3.05, 3.63) is 124 Å². The van der Waals surface area contributed by atoms with Crippen LogP contribution in [0.3, 0.4) is 0 Å². The second-order valence-electron chi connectivity index (χ2n) is 12.3. The predicted octanol–water partition coefficient (Wildman–Crippen LogP) is 7.33. The second-order valence-corrected chi connectivity index (χ2v) is 12.3. The van der Waals surface area contributed by atoms with Gasteiger partial charge in [0.2, 0.25) is 0 Å². The minimum atomic E-state index is 0.447. The lowest BCUT2D eigenvalue weighted by Crippen LogP contribution is -2.35. The molecule has 0 saturated heterocycles. The molecule has 1 N–H and O–H groups in total. The summed E-state index contributed by atoms with van der Waals surface area (Å²) >= 11 is 0. The first-order chi connectivity index (χ1) is 19.4. The molecule has 4 aromatic rings.